The lowest BCUT2D eigenvalue weighted by Crippen LogP contribution is -2.27. The molecule has 0 spiro atoms. The summed E-state index contributed by atoms with van der Waals surface area (Å²) in [6, 6.07) is 13.2. The number of aromatic nitrogens is 2. The van der Waals surface area contributed by atoms with Crippen molar-refractivity contribution in [2.24, 2.45) is 0 Å². The van der Waals surface area contributed by atoms with Gasteiger partial charge in [0.05, 0.1) is 22.8 Å². The molecule has 0 aliphatic heterocycles. The largest absolute Gasteiger partial charge is 0.379 e. The third-order valence-electron chi connectivity index (χ3n) is 4.54. The molecule has 8 heteroatoms. The van der Waals surface area contributed by atoms with Crippen LogP contribution in [-0.4, -0.2) is 33.9 Å². The summed E-state index contributed by atoms with van der Waals surface area (Å²) >= 11 is 1.23. The zero-order valence-electron chi connectivity index (χ0n) is 17.6. The van der Waals surface area contributed by atoms with Crippen LogP contribution in [0.4, 0.5) is 4.39 Å². The Bertz CT molecular complexity index is 1080. The van der Waals surface area contributed by atoms with Crippen molar-refractivity contribution >= 4 is 28.6 Å². The standard InChI is InChI=1S/C23H26FN3O3S/c1-16(2)30-13-5-12-27-22(29)19-6-3-4-7-20(19)26-23(27)31-15-21(28)25-14-17-8-10-18(24)11-9-17/h3-4,6-11,16H,5,12-15H2,1-2H3,(H,25,28). The van der Waals surface area contributed by atoms with Gasteiger partial charge >= 0.3 is 0 Å². The number of fused-ring (bicyclic) bond motifs is 1. The predicted octanol–water partition coefficient (Wildman–Crippen LogP) is 3.76. The second kappa shape index (κ2) is 11.1. The van der Waals surface area contributed by atoms with Crippen molar-refractivity contribution in [3.8, 4) is 0 Å². The summed E-state index contributed by atoms with van der Waals surface area (Å²) in [4.78, 5) is 29.9. The molecule has 2 aromatic carbocycles. The number of nitrogens with zero attached hydrogens (tertiary/aromatic N) is 2. The number of amides is 1. The minimum atomic E-state index is -0.315. The fraction of sp³-hybridized carbons (Fsp3) is 0.348. The molecule has 0 saturated heterocycles. The van der Waals surface area contributed by atoms with E-state index in [4.69, 9.17) is 4.74 Å². The number of hydrogen-bond acceptors (Lipinski definition) is 5. The fourth-order valence-electron chi connectivity index (χ4n) is 2.98. The van der Waals surface area contributed by atoms with E-state index in [1.165, 1.54) is 23.9 Å². The van der Waals surface area contributed by atoms with E-state index in [0.717, 1.165) is 5.56 Å². The Kier molecular flexibility index (Phi) is 8.20. The Hall–Kier alpha value is -2.71. The average molecular weight is 444 g/mol. The van der Waals surface area contributed by atoms with Gasteiger partial charge in [-0.3, -0.25) is 14.2 Å². The normalized spacial score (nSPS) is 11.2. The van der Waals surface area contributed by atoms with Crippen molar-refractivity contribution in [1.82, 2.24) is 14.9 Å². The van der Waals surface area contributed by atoms with Gasteiger partial charge in [0.1, 0.15) is 5.82 Å². The Morgan fingerprint density at radius 2 is 1.94 bits per heavy atom. The molecule has 1 aromatic heterocycles. The van der Waals surface area contributed by atoms with E-state index in [2.05, 4.69) is 10.3 Å². The molecule has 0 fully saturated rings. The van der Waals surface area contributed by atoms with E-state index < -0.39 is 0 Å². The molecular weight excluding hydrogens is 417 g/mol. The van der Waals surface area contributed by atoms with Gasteiger partial charge in [0.25, 0.3) is 5.56 Å². The monoisotopic (exact) mass is 443 g/mol. The van der Waals surface area contributed by atoms with Crippen LogP contribution in [0.25, 0.3) is 10.9 Å². The summed E-state index contributed by atoms with van der Waals surface area (Å²) in [6.07, 6.45) is 0.799. The van der Waals surface area contributed by atoms with Crippen LogP contribution >= 0.6 is 11.8 Å². The van der Waals surface area contributed by atoms with Gasteiger partial charge in [0, 0.05) is 19.7 Å². The van der Waals surface area contributed by atoms with Crippen LogP contribution in [0.1, 0.15) is 25.8 Å². The van der Waals surface area contributed by atoms with Gasteiger partial charge in [-0.25, -0.2) is 9.37 Å². The van der Waals surface area contributed by atoms with Crippen LogP contribution in [-0.2, 0) is 22.6 Å². The smallest absolute Gasteiger partial charge is 0.262 e. The molecule has 6 nitrogen and oxygen atoms in total. The highest BCUT2D eigenvalue weighted by molar-refractivity contribution is 7.99. The maximum absolute atomic E-state index is 13.0. The SMILES string of the molecule is CC(C)OCCCn1c(SCC(=O)NCc2ccc(F)cc2)nc2ccccc2c1=O. The Balaban J connectivity index is 1.68. The first-order chi connectivity index (χ1) is 14.9. The van der Waals surface area contributed by atoms with Crippen molar-refractivity contribution in [2.45, 2.75) is 44.6 Å². The van der Waals surface area contributed by atoms with Crippen LogP contribution in [0.2, 0.25) is 0 Å². The van der Waals surface area contributed by atoms with Crippen molar-refractivity contribution in [3.63, 3.8) is 0 Å². The zero-order chi connectivity index (χ0) is 22.2. The van der Waals surface area contributed by atoms with Gasteiger partial charge < -0.3 is 10.1 Å². The fourth-order valence-corrected chi connectivity index (χ4v) is 3.84. The number of carbonyl (C=O) groups excluding carboxylic acids is 1. The van der Waals surface area contributed by atoms with Crippen LogP contribution in [0.5, 0.6) is 0 Å². The summed E-state index contributed by atoms with van der Waals surface area (Å²) in [5, 5.41) is 3.87. The number of hydrogen-bond donors (Lipinski definition) is 1. The van der Waals surface area contributed by atoms with Crippen LogP contribution in [0.3, 0.4) is 0 Å². The molecule has 0 aliphatic rings. The molecule has 0 unspecified atom stereocenters. The molecule has 3 rings (SSSR count). The van der Waals surface area contributed by atoms with E-state index in [0.29, 0.717) is 42.2 Å². The van der Waals surface area contributed by atoms with Gasteiger partial charge in [0.2, 0.25) is 5.91 Å². The molecular formula is C23H26FN3O3S. The van der Waals surface area contributed by atoms with E-state index in [1.54, 1.807) is 28.8 Å². The molecule has 0 aliphatic carbocycles. The molecule has 164 valence electrons. The Morgan fingerprint density at radius 1 is 1.19 bits per heavy atom. The Morgan fingerprint density at radius 3 is 2.68 bits per heavy atom. The zero-order valence-corrected chi connectivity index (χ0v) is 18.5. The Labute approximate surface area is 184 Å². The first kappa shape index (κ1) is 23.0. The number of para-hydroxylation sites is 1. The molecule has 1 heterocycles. The highest BCUT2D eigenvalue weighted by Crippen LogP contribution is 2.18. The predicted molar refractivity (Wildman–Crippen MR) is 121 cm³/mol. The van der Waals surface area contributed by atoms with Gasteiger partial charge in [-0.15, -0.1) is 0 Å². The van der Waals surface area contributed by atoms with E-state index >= 15 is 0 Å². The first-order valence-corrected chi connectivity index (χ1v) is 11.2. The third kappa shape index (κ3) is 6.63. The van der Waals surface area contributed by atoms with Crippen molar-refractivity contribution in [2.75, 3.05) is 12.4 Å². The number of ether oxygens (including phenoxy) is 1. The quantitative estimate of drug-likeness (QED) is 0.293. The minimum Gasteiger partial charge on any atom is -0.379 e. The maximum Gasteiger partial charge on any atom is 0.262 e. The molecule has 0 atom stereocenters. The van der Waals surface area contributed by atoms with E-state index in [9.17, 15) is 14.0 Å². The van der Waals surface area contributed by atoms with E-state index in [1.807, 2.05) is 26.0 Å². The number of benzene rings is 2. The molecule has 1 N–H and O–H groups in total. The molecule has 31 heavy (non-hydrogen) atoms. The van der Waals surface area contributed by atoms with Crippen LogP contribution in [0, 0.1) is 5.82 Å². The van der Waals surface area contributed by atoms with Gasteiger partial charge in [-0.05, 0) is 50.1 Å². The van der Waals surface area contributed by atoms with Crippen molar-refractivity contribution in [3.05, 3.63) is 70.3 Å². The number of halogens is 1. The average Bonchev–Trinajstić information content (AvgIpc) is 2.76. The maximum atomic E-state index is 13.0. The second-order valence-electron chi connectivity index (χ2n) is 7.33. The third-order valence-corrected chi connectivity index (χ3v) is 5.52. The summed E-state index contributed by atoms with van der Waals surface area (Å²) < 4.78 is 20.2. The second-order valence-corrected chi connectivity index (χ2v) is 8.28. The van der Waals surface area contributed by atoms with Gasteiger partial charge in [-0.1, -0.05) is 36.0 Å². The lowest BCUT2D eigenvalue weighted by molar-refractivity contribution is -0.118. The van der Waals surface area contributed by atoms with Crippen molar-refractivity contribution in [1.29, 1.82) is 0 Å². The highest BCUT2D eigenvalue weighted by atomic mass is 32.2. The van der Waals surface area contributed by atoms with Crippen molar-refractivity contribution < 1.29 is 13.9 Å². The van der Waals surface area contributed by atoms with Gasteiger partial charge in [0.15, 0.2) is 5.16 Å². The topological polar surface area (TPSA) is 73.2 Å². The van der Waals surface area contributed by atoms with Gasteiger partial charge in [-0.2, -0.15) is 0 Å². The lowest BCUT2D eigenvalue weighted by Gasteiger charge is -2.14. The number of rotatable bonds is 10. The number of nitrogens with one attached hydrogen (secondary N) is 1. The molecule has 3 aromatic rings. The summed E-state index contributed by atoms with van der Waals surface area (Å²) in [6.45, 7) is 5.25. The number of thioether (sulfide) groups is 1. The summed E-state index contributed by atoms with van der Waals surface area (Å²) in [7, 11) is 0. The van der Waals surface area contributed by atoms with Crippen LogP contribution in [0.15, 0.2) is 58.5 Å². The molecule has 0 radical (unpaired) electrons. The van der Waals surface area contributed by atoms with Crippen LogP contribution < -0.4 is 10.9 Å². The van der Waals surface area contributed by atoms with E-state index in [-0.39, 0.29) is 29.1 Å². The highest BCUT2D eigenvalue weighted by Gasteiger charge is 2.13. The minimum absolute atomic E-state index is 0.120. The molecule has 0 bridgehead atoms. The molecule has 0 saturated carbocycles. The first-order valence-electron chi connectivity index (χ1n) is 10.2. The molecule has 1 amide bonds. The lowest BCUT2D eigenvalue weighted by atomic mass is 10.2. The summed E-state index contributed by atoms with van der Waals surface area (Å²) in [5.41, 5.74) is 1.30. The number of carbonyl (C=O) groups is 1. The summed E-state index contributed by atoms with van der Waals surface area (Å²) in [5.74, 6) is -0.384.